The van der Waals surface area contributed by atoms with E-state index in [0.29, 0.717) is 23.5 Å². The van der Waals surface area contributed by atoms with Crippen molar-refractivity contribution in [2.24, 2.45) is 0 Å². The molecule has 7 heteroatoms. The summed E-state index contributed by atoms with van der Waals surface area (Å²) < 4.78 is 10.2. The van der Waals surface area contributed by atoms with E-state index in [1.807, 2.05) is 60.7 Å². The average molecular weight is 482 g/mol. The molecule has 0 aliphatic carbocycles. The van der Waals surface area contributed by atoms with Crippen LogP contribution in [0.25, 0.3) is 6.08 Å². The third-order valence-electron chi connectivity index (χ3n) is 4.63. The minimum Gasteiger partial charge on any atom is -0.466 e. The van der Waals surface area contributed by atoms with Gasteiger partial charge in [0, 0.05) is 12.5 Å². The van der Waals surface area contributed by atoms with E-state index in [9.17, 15) is 14.9 Å². The lowest BCUT2D eigenvalue weighted by Crippen LogP contribution is -2.22. The summed E-state index contributed by atoms with van der Waals surface area (Å²) in [6.07, 6.45) is 4.74. The van der Waals surface area contributed by atoms with Crippen molar-refractivity contribution in [3.63, 3.8) is 0 Å². The van der Waals surface area contributed by atoms with E-state index in [1.54, 1.807) is 13.0 Å². The molecular formula is C26H27NO4S2. The second-order valence-corrected chi connectivity index (χ2v) is 9.62. The molecule has 0 amide bonds. The first-order chi connectivity index (χ1) is 15.9. The maximum atomic E-state index is 12.1. The molecule has 1 atom stereocenters. The molecule has 0 N–H and O–H groups in total. The van der Waals surface area contributed by atoms with Crippen molar-refractivity contribution in [1.29, 1.82) is 5.26 Å². The lowest BCUT2D eigenvalue weighted by atomic mass is 10.1. The summed E-state index contributed by atoms with van der Waals surface area (Å²) >= 11 is 6.73. The highest BCUT2D eigenvalue weighted by atomic mass is 32.2. The molecule has 2 aromatic carbocycles. The van der Waals surface area contributed by atoms with Gasteiger partial charge < -0.3 is 9.47 Å². The number of carbonyl (C=O) groups excluding carboxylic acids is 2. The molecule has 0 saturated carbocycles. The molecule has 0 radical (unpaired) electrons. The third-order valence-corrected chi connectivity index (χ3v) is 6.28. The molecule has 1 unspecified atom stereocenters. The van der Waals surface area contributed by atoms with Crippen LogP contribution in [0.2, 0.25) is 0 Å². The Balaban J connectivity index is 1.59. The predicted molar refractivity (Wildman–Crippen MR) is 136 cm³/mol. The highest BCUT2D eigenvalue weighted by Gasteiger charge is 2.28. The molecule has 0 aromatic heterocycles. The Morgan fingerprint density at radius 1 is 1.03 bits per heavy atom. The molecule has 0 aliphatic heterocycles. The van der Waals surface area contributed by atoms with Gasteiger partial charge in [0.2, 0.25) is 0 Å². The highest BCUT2D eigenvalue weighted by Crippen LogP contribution is 2.33. The van der Waals surface area contributed by atoms with E-state index in [-0.39, 0.29) is 25.6 Å². The first-order valence-corrected chi connectivity index (χ1v) is 11.9. The van der Waals surface area contributed by atoms with Gasteiger partial charge in [-0.15, -0.1) is 0 Å². The molecule has 2 aromatic rings. The molecule has 172 valence electrons. The molecule has 5 nitrogen and oxygen atoms in total. The minimum atomic E-state index is -0.812. The van der Waals surface area contributed by atoms with Crippen LogP contribution >= 0.6 is 24.0 Å². The summed E-state index contributed by atoms with van der Waals surface area (Å²) in [4.78, 5) is 23.8. The zero-order valence-electron chi connectivity index (χ0n) is 18.6. The summed E-state index contributed by atoms with van der Waals surface area (Å²) in [5.41, 5.74) is 1.81. The lowest BCUT2D eigenvalue weighted by Gasteiger charge is -2.20. The van der Waals surface area contributed by atoms with Crippen LogP contribution < -0.4 is 0 Å². The lowest BCUT2D eigenvalue weighted by molar-refractivity contribution is -0.144. The third kappa shape index (κ3) is 10.5. The zero-order chi connectivity index (χ0) is 23.9. The van der Waals surface area contributed by atoms with Gasteiger partial charge in [-0.25, -0.2) is 4.79 Å². The Kier molecular flexibility index (Phi) is 11.4. The van der Waals surface area contributed by atoms with Gasteiger partial charge in [0.05, 0.1) is 23.5 Å². The largest absolute Gasteiger partial charge is 0.466 e. The van der Waals surface area contributed by atoms with E-state index in [4.69, 9.17) is 21.7 Å². The monoisotopic (exact) mass is 481 g/mol. The van der Waals surface area contributed by atoms with Crippen molar-refractivity contribution in [1.82, 2.24) is 0 Å². The molecule has 0 aliphatic rings. The Bertz CT molecular complexity index is 986. The van der Waals surface area contributed by atoms with Crippen LogP contribution in [-0.4, -0.2) is 34.1 Å². The van der Waals surface area contributed by atoms with Gasteiger partial charge in [-0.05, 0) is 43.4 Å². The fourth-order valence-electron chi connectivity index (χ4n) is 2.72. The van der Waals surface area contributed by atoms with Crippen molar-refractivity contribution in [2.75, 3.05) is 13.2 Å². The number of hydrogen-bond acceptors (Lipinski definition) is 7. The summed E-state index contributed by atoms with van der Waals surface area (Å²) in [6.45, 7) is 2.28. The van der Waals surface area contributed by atoms with Crippen LogP contribution in [0.3, 0.4) is 0 Å². The van der Waals surface area contributed by atoms with Gasteiger partial charge in [-0.3, -0.25) is 4.79 Å². The normalized spacial score (nSPS) is 12.5. The zero-order valence-corrected chi connectivity index (χ0v) is 20.2. The van der Waals surface area contributed by atoms with Crippen LogP contribution in [0.1, 0.15) is 43.7 Å². The van der Waals surface area contributed by atoms with Crippen molar-refractivity contribution in [3.8, 4) is 6.07 Å². The van der Waals surface area contributed by atoms with Gasteiger partial charge in [0.25, 0.3) is 0 Å². The number of ether oxygens (including phenoxy) is 2. The molecule has 2 rings (SSSR count). The Labute approximate surface area is 204 Å². The number of nitrogens with zero attached hydrogens (tertiary/aromatic N) is 1. The Hall–Kier alpha value is -2.95. The van der Waals surface area contributed by atoms with Gasteiger partial charge in [-0.2, -0.15) is 5.26 Å². The van der Waals surface area contributed by atoms with Gasteiger partial charge in [-0.1, -0.05) is 84.6 Å². The number of thiocarbonyl (C=S) groups is 1. The summed E-state index contributed by atoms with van der Waals surface area (Å²) in [6, 6.07) is 21.2. The molecule has 0 saturated heterocycles. The highest BCUT2D eigenvalue weighted by molar-refractivity contribution is 8.24. The molecular weight excluding hydrogens is 454 g/mol. The second-order valence-electron chi connectivity index (χ2n) is 7.44. The van der Waals surface area contributed by atoms with Crippen molar-refractivity contribution >= 4 is 46.2 Å². The van der Waals surface area contributed by atoms with Crippen molar-refractivity contribution in [3.05, 3.63) is 77.9 Å². The van der Waals surface area contributed by atoms with Crippen LogP contribution in [-0.2, 0) is 19.1 Å². The first-order valence-electron chi connectivity index (χ1n) is 10.7. The summed E-state index contributed by atoms with van der Waals surface area (Å²) in [7, 11) is 0. The Morgan fingerprint density at radius 2 is 1.64 bits per heavy atom. The number of benzene rings is 2. The maximum Gasteiger partial charge on any atom is 0.330 e. The van der Waals surface area contributed by atoms with Crippen LogP contribution in [0, 0.1) is 11.3 Å². The maximum absolute atomic E-state index is 12.1. The molecule has 0 fully saturated rings. The standard InChI is InChI=1S/C26H27NO4S2/c1-26(20-27,33-25(32)22-12-6-3-7-13-22)17-16-24(29)31-19-9-8-18-30-23(28)15-14-21-10-4-2-5-11-21/h2-7,10-15H,8-9,16-19H2,1H3/b15-14+. The topological polar surface area (TPSA) is 76.4 Å². The Morgan fingerprint density at radius 3 is 2.27 bits per heavy atom. The SMILES string of the molecule is CC(C#N)(CCC(=O)OCCCCOC(=O)/C=C/c1ccccc1)SC(=S)c1ccccc1. The number of esters is 2. The second kappa shape index (κ2) is 14.2. The van der Waals surface area contributed by atoms with Crippen LogP contribution in [0.5, 0.6) is 0 Å². The van der Waals surface area contributed by atoms with Crippen molar-refractivity contribution < 1.29 is 19.1 Å². The number of unbranched alkanes of at least 4 members (excludes halogenated alkanes) is 1. The quantitative estimate of drug-likeness (QED) is 0.166. The predicted octanol–water partition coefficient (Wildman–Crippen LogP) is 5.74. The molecule has 33 heavy (non-hydrogen) atoms. The van der Waals surface area contributed by atoms with Crippen LogP contribution in [0.4, 0.5) is 0 Å². The molecule has 0 spiro atoms. The number of rotatable bonds is 12. The number of carbonyl (C=O) groups is 2. The van der Waals surface area contributed by atoms with Gasteiger partial charge >= 0.3 is 11.9 Å². The number of nitriles is 1. The molecule has 0 bridgehead atoms. The van der Waals surface area contributed by atoms with Crippen LogP contribution in [0.15, 0.2) is 66.7 Å². The minimum absolute atomic E-state index is 0.133. The van der Waals surface area contributed by atoms with E-state index in [2.05, 4.69) is 6.07 Å². The summed E-state index contributed by atoms with van der Waals surface area (Å²) in [5.74, 6) is -0.761. The molecule has 0 heterocycles. The number of hydrogen-bond donors (Lipinski definition) is 0. The van der Waals surface area contributed by atoms with E-state index in [0.717, 1.165) is 11.1 Å². The fourth-order valence-corrected chi connectivity index (χ4v) is 4.32. The first kappa shape index (κ1) is 26.3. The fraction of sp³-hybridized carbons (Fsp3) is 0.308. The average Bonchev–Trinajstić information content (AvgIpc) is 2.84. The van der Waals surface area contributed by atoms with Crippen molar-refractivity contribution in [2.45, 2.75) is 37.4 Å². The van der Waals surface area contributed by atoms with Gasteiger partial charge in [0.1, 0.15) is 4.75 Å². The smallest absolute Gasteiger partial charge is 0.330 e. The van der Waals surface area contributed by atoms with Gasteiger partial charge in [0.15, 0.2) is 0 Å². The summed E-state index contributed by atoms with van der Waals surface area (Å²) in [5, 5.41) is 9.59. The van der Waals surface area contributed by atoms with E-state index in [1.165, 1.54) is 17.8 Å². The number of thioether (sulfide) groups is 1. The van der Waals surface area contributed by atoms with E-state index >= 15 is 0 Å². The van der Waals surface area contributed by atoms with E-state index < -0.39 is 10.7 Å².